The van der Waals surface area contributed by atoms with E-state index in [4.69, 9.17) is 9.47 Å². The van der Waals surface area contributed by atoms with E-state index in [1.165, 1.54) is 7.11 Å². The second kappa shape index (κ2) is 4.89. The maximum Gasteiger partial charge on any atom is 0.407 e. The molecule has 1 aliphatic heterocycles. The van der Waals surface area contributed by atoms with Gasteiger partial charge in [-0.3, -0.25) is 0 Å². The molecule has 4 heteroatoms. The van der Waals surface area contributed by atoms with E-state index >= 15 is 0 Å². The normalized spacial score (nSPS) is 19.9. The fraction of sp³-hybridized carbons (Fsp3) is 0.188. The van der Waals surface area contributed by atoms with Gasteiger partial charge in [-0.15, -0.1) is 0 Å². The topological polar surface area (TPSA) is 47.6 Å². The van der Waals surface area contributed by atoms with Gasteiger partial charge in [0.15, 0.2) is 0 Å². The summed E-state index contributed by atoms with van der Waals surface area (Å²) in [5, 5.41) is 2.93. The zero-order chi connectivity index (χ0) is 14.0. The number of benzene rings is 2. The van der Waals surface area contributed by atoms with Crippen LogP contribution < -0.4 is 10.1 Å². The molecule has 0 bridgehead atoms. The van der Waals surface area contributed by atoms with Crippen LogP contribution in [0.4, 0.5) is 4.79 Å². The van der Waals surface area contributed by atoms with Gasteiger partial charge in [0, 0.05) is 5.56 Å². The Bertz CT molecular complexity index is 627. The first kappa shape index (κ1) is 12.5. The zero-order valence-electron chi connectivity index (χ0n) is 11.1. The summed E-state index contributed by atoms with van der Waals surface area (Å²) < 4.78 is 10.5. The van der Waals surface area contributed by atoms with E-state index in [9.17, 15) is 4.79 Å². The summed E-state index contributed by atoms with van der Waals surface area (Å²) in [6.07, 6.45) is -0.478. The van der Waals surface area contributed by atoms with Gasteiger partial charge in [0.2, 0.25) is 0 Å². The van der Waals surface area contributed by atoms with Crippen molar-refractivity contribution in [2.24, 2.45) is 0 Å². The van der Waals surface area contributed by atoms with Gasteiger partial charge in [-0.25, -0.2) is 4.79 Å². The van der Waals surface area contributed by atoms with Crippen LogP contribution in [0.15, 0.2) is 54.6 Å². The van der Waals surface area contributed by atoms with E-state index in [1.54, 1.807) is 0 Å². The largest absolute Gasteiger partial charge is 0.490 e. The fourth-order valence-corrected chi connectivity index (χ4v) is 2.57. The Morgan fingerprint density at radius 2 is 1.85 bits per heavy atom. The van der Waals surface area contributed by atoms with Crippen molar-refractivity contribution >= 4 is 6.09 Å². The van der Waals surface area contributed by atoms with Crippen LogP contribution in [0.2, 0.25) is 0 Å². The van der Waals surface area contributed by atoms with Crippen LogP contribution in [-0.2, 0) is 10.3 Å². The second-order valence-electron chi connectivity index (χ2n) is 4.67. The molecule has 1 amide bonds. The third-order valence-corrected chi connectivity index (χ3v) is 3.56. The fourth-order valence-electron chi connectivity index (χ4n) is 2.57. The molecule has 4 nitrogen and oxygen atoms in total. The van der Waals surface area contributed by atoms with Crippen LogP contribution >= 0.6 is 0 Å². The van der Waals surface area contributed by atoms with Crippen molar-refractivity contribution in [1.29, 1.82) is 0 Å². The molecular weight excluding hydrogens is 254 g/mol. The molecule has 0 radical (unpaired) electrons. The molecule has 0 aliphatic carbocycles. The number of ether oxygens (including phenoxy) is 2. The van der Waals surface area contributed by atoms with Crippen molar-refractivity contribution in [2.45, 2.75) is 5.54 Å². The van der Waals surface area contributed by atoms with E-state index in [0.29, 0.717) is 6.61 Å². The number of amides is 1. The Balaban J connectivity index is 2.13. The van der Waals surface area contributed by atoms with E-state index < -0.39 is 11.6 Å². The number of alkyl carbamates (subject to hydrolysis) is 1. The predicted molar refractivity (Wildman–Crippen MR) is 74.7 cm³/mol. The molecule has 1 atom stereocenters. The minimum Gasteiger partial charge on any atom is -0.490 e. The summed E-state index contributed by atoms with van der Waals surface area (Å²) in [5.41, 5.74) is 1.21. The molecule has 102 valence electrons. The standard InChI is InChI=1S/C16H15NO3/c1-19-15(18)17-16(12-7-3-2-4-8-12)11-20-14-10-6-5-9-13(14)16/h2-10H,11H2,1H3,(H,17,18). The lowest BCUT2D eigenvalue weighted by atomic mass is 9.84. The number of carbonyl (C=O) groups excluding carboxylic acids is 1. The monoisotopic (exact) mass is 269 g/mol. The number of para-hydroxylation sites is 1. The number of fused-ring (bicyclic) bond motifs is 1. The Hall–Kier alpha value is -2.49. The molecular formula is C16H15NO3. The van der Waals surface area contributed by atoms with E-state index in [0.717, 1.165) is 16.9 Å². The average molecular weight is 269 g/mol. The van der Waals surface area contributed by atoms with Crippen LogP contribution in [0.1, 0.15) is 11.1 Å². The van der Waals surface area contributed by atoms with E-state index in [-0.39, 0.29) is 0 Å². The summed E-state index contributed by atoms with van der Waals surface area (Å²) in [6, 6.07) is 17.5. The van der Waals surface area contributed by atoms with E-state index in [1.807, 2.05) is 54.6 Å². The lowest BCUT2D eigenvalue weighted by molar-refractivity contribution is 0.154. The first-order valence-corrected chi connectivity index (χ1v) is 6.40. The van der Waals surface area contributed by atoms with Crippen molar-refractivity contribution in [3.8, 4) is 5.75 Å². The summed E-state index contributed by atoms with van der Waals surface area (Å²) in [4.78, 5) is 11.8. The molecule has 1 aliphatic rings. The molecule has 0 spiro atoms. The Morgan fingerprint density at radius 3 is 2.60 bits per heavy atom. The summed E-state index contributed by atoms with van der Waals surface area (Å²) in [6.45, 7) is 0.353. The van der Waals surface area contributed by atoms with Gasteiger partial charge in [0.05, 0.1) is 7.11 Å². The predicted octanol–water partition coefficient (Wildman–Crippen LogP) is 2.68. The number of hydrogen-bond acceptors (Lipinski definition) is 3. The van der Waals surface area contributed by atoms with Gasteiger partial charge in [-0.1, -0.05) is 48.5 Å². The number of hydrogen-bond donors (Lipinski definition) is 1. The maximum atomic E-state index is 11.8. The van der Waals surface area contributed by atoms with Crippen molar-refractivity contribution in [2.75, 3.05) is 13.7 Å². The smallest absolute Gasteiger partial charge is 0.407 e. The third kappa shape index (κ3) is 1.90. The molecule has 0 aromatic heterocycles. The maximum absolute atomic E-state index is 11.8. The highest BCUT2D eigenvalue weighted by Crippen LogP contribution is 2.41. The lowest BCUT2D eigenvalue weighted by Gasteiger charge is -2.29. The molecule has 0 fully saturated rings. The van der Waals surface area contributed by atoms with Crippen LogP contribution in [0.25, 0.3) is 0 Å². The summed E-state index contributed by atoms with van der Waals surface area (Å²) in [7, 11) is 1.36. The van der Waals surface area contributed by atoms with Crippen LogP contribution in [0.5, 0.6) is 5.75 Å². The first-order chi connectivity index (χ1) is 9.76. The minimum atomic E-state index is -0.703. The first-order valence-electron chi connectivity index (χ1n) is 6.40. The van der Waals surface area contributed by atoms with Crippen LogP contribution in [0.3, 0.4) is 0 Å². The Morgan fingerprint density at radius 1 is 1.15 bits per heavy atom. The number of nitrogens with one attached hydrogen (secondary N) is 1. The quantitative estimate of drug-likeness (QED) is 0.911. The van der Waals surface area contributed by atoms with Crippen molar-refractivity contribution in [3.05, 3.63) is 65.7 Å². The zero-order valence-corrected chi connectivity index (χ0v) is 11.1. The molecule has 1 unspecified atom stereocenters. The highest BCUT2D eigenvalue weighted by molar-refractivity contribution is 5.71. The highest BCUT2D eigenvalue weighted by Gasteiger charge is 2.43. The van der Waals surface area contributed by atoms with Crippen molar-refractivity contribution in [1.82, 2.24) is 5.32 Å². The van der Waals surface area contributed by atoms with Gasteiger partial charge in [-0.2, -0.15) is 0 Å². The van der Waals surface area contributed by atoms with Gasteiger partial charge < -0.3 is 14.8 Å². The van der Waals surface area contributed by atoms with Crippen molar-refractivity contribution in [3.63, 3.8) is 0 Å². The molecule has 0 saturated heterocycles. The summed E-state index contributed by atoms with van der Waals surface area (Å²) in [5.74, 6) is 0.785. The Kier molecular flexibility index (Phi) is 3.06. The van der Waals surface area contributed by atoms with Gasteiger partial charge in [0.25, 0.3) is 0 Å². The molecule has 0 saturated carbocycles. The van der Waals surface area contributed by atoms with Gasteiger partial charge in [-0.05, 0) is 11.6 Å². The number of carbonyl (C=O) groups is 1. The number of methoxy groups -OCH3 is 1. The Labute approximate surface area is 117 Å². The molecule has 20 heavy (non-hydrogen) atoms. The van der Waals surface area contributed by atoms with Crippen molar-refractivity contribution < 1.29 is 14.3 Å². The highest BCUT2D eigenvalue weighted by atomic mass is 16.5. The number of rotatable bonds is 2. The molecule has 2 aromatic rings. The van der Waals surface area contributed by atoms with Crippen LogP contribution in [0, 0.1) is 0 Å². The van der Waals surface area contributed by atoms with Crippen LogP contribution in [-0.4, -0.2) is 19.8 Å². The van der Waals surface area contributed by atoms with E-state index in [2.05, 4.69) is 5.32 Å². The average Bonchev–Trinajstić information content (AvgIpc) is 2.88. The summed E-state index contributed by atoms with van der Waals surface area (Å²) >= 11 is 0. The SMILES string of the molecule is COC(=O)NC1(c2ccccc2)COc2ccccc21. The lowest BCUT2D eigenvalue weighted by Crippen LogP contribution is -2.48. The van der Waals surface area contributed by atoms with Gasteiger partial charge in [0.1, 0.15) is 17.9 Å². The second-order valence-corrected chi connectivity index (χ2v) is 4.67. The molecule has 2 aromatic carbocycles. The third-order valence-electron chi connectivity index (χ3n) is 3.56. The molecule has 1 heterocycles. The van der Waals surface area contributed by atoms with Gasteiger partial charge >= 0.3 is 6.09 Å². The molecule has 3 rings (SSSR count). The molecule has 1 N–H and O–H groups in total. The minimum absolute atomic E-state index is 0.353.